The van der Waals surface area contributed by atoms with Crippen molar-refractivity contribution in [3.05, 3.63) is 0 Å². The topological polar surface area (TPSA) is 24.4 Å². The van der Waals surface area contributed by atoms with Crippen LogP contribution < -0.4 is 5.32 Å². The number of rotatable bonds is 5. The summed E-state index contributed by atoms with van der Waals surface area (Å²) in [4.78, 5) is 5.04. The number of hydrogen-bond acceptors (Lipinski definition) is 3. The summed E-state index contributed by atoms with van der Waals surface area (Å²) in [7, 11) is 0. The van der Waals surface area contributed by atoms with Gasteiger partial charge in [0.05, 0.1) is 11.3 Å². The lowest BCUT2D eigenvalue weighted by molar-refractivity contribution is 0.406. The number of thiol groups is 2. The van der Waals surface area contributed by atoms with Crippen molar-refractivity contribution in [2.45, 2.75) is 88.0 Å². The zero-order chi connectivity index (χ0) is 14.2. The molecule has 2 aliphatic rings. The average molecular weight is 315 g/mol. The van der Waals surface area contributed by atoms with E-state index in [1.54, 1.807) is 0 Å². The Kier molecular flexibility index (Phi) is 7.64. The minimum absolute atomic E-state index is 0.233. The van der Waals surface area contributed by atoms with Gasteiger partial charge < -0.3 is 5.32 Å². The Labute approximate surface area is 135 Å². The van der Waals surface area contributed by atoms with Crippen LogP contribution in [0.5, 0.6) is 0 Å². The molecular formula is C16H30N2S2. The fourth-order valence-corrected chi connectivity index (χ4v) is 4.07. The van der Waals surface area contributed by atoms with Gasteiger partial charge in [-0.1, -0.05) is 38.5 Å². The second-order valence-electron chi connectivity index (χ2n) is 6.31. The first-order valence-electron chi connectivity index (χ1n) is 8.42. The van der Waals surface area contributed by atoms with Crippen LogP contribution in [0.1, 0.15) is 70.6 Å². The molecule has 0 radical (unpaired) electrons. The SMILES string of the molecule is SCCC(S)C(=NC1CCCCC1)NC1CCCCC1. The lowest BCUT2D eigenvalue weighted by atomic mass is 9.95. The maximum Gasteiger partial charge on any atom is 0.110 e. The number of hydrogen-bond donors (Lipinski definition) is 3. The molecule has 2 saturated carbocycles. The highest BCUT2D eigenvalue weighted by molar-refractivity contribution is 7.82. The Morgan fingerprint density at radius 2 is 1.60 bits per heavy atom. The monoisotopic (exact) mass is 314 g/mol. The molecule has 1 atom stereocenters. The molecule has 2 nitrogen and oxygen atoms in total. The van der Waals surface area contributed by atoms with Crippen molar-refractivity contribution in [1.82, 2.24) is 5.32 Å². The molecule has 0 aromatic heterocycles. The van der Waals surface area contributed by atoms with Gasteiger partial charge >= 0.3 is 0 Å². The van der Waals surface area contributed by atoms with Crippen LogP contribution in [-0.4, -0.2) is 28.9 Å². The van der Waals surface area contributed by atoms with Crippen molar-refractivity contribution < 1.29 is 0 Å². The third kappa shape index (κ3) is 5.51. The molecule has 0 aromatic carbocycles. The van der Waals surface area contributed by atoms with Gasteiger partial charge in [-0.15, -0.1) is 0 Å². The van der Waals surface area contributed by atoms with Crippen LogP contribution in [0, 0.1) is 0 Å². The Morgan fingerprint density at radius 1 is 1.00 bits per heavy atom. The van der Waals surface area contributed by atoms with Crippen LogP contribution in [0.2, 0.25) is 0 Å². The summed E-state index contributed by atoms with van der Waals surface area (Å²) in [5.41, 5.74) is 0. The van der Waals surface area contributed by atoms with Crippen LogP contribution in [0.15, 0.2) is 4.99 Å². The third-order valence-corrected chi connectivity index (χ3v) is 5.33. The second-order valence-corrected chi connectivity index (χ2v) is 7.38. The van der Waals surface area contributed by atoms with E-state index < -0.39 is 0 Å². The van der Waals surface area contributed by atoms with Crippen LogP contribution in [0.3, 0.4) is 0 Å². The minimum atomic E-state index is 0.233. The first kappa shape index (κ1) is 16.5. The Bertz CT molecular complexity index is 295. The van der Waals surface area contributed by atoms with E-state index in [9.17, 15) is 0 Å². The standard InChI is InChI=1S/C16H30N2S2/c19-12-11-15(20)16(17-13-7-3-1-4-8-13)18-14-9-5-2-6-10-14/h13-15,19-20H,1-12H2,(H,17,18). The zero-order valence-electron chi connectivity index (χ0n) is 12.6. The highest BCUT2D eigenvalue weighted by atomic mass is 32.1. The fourth-order valence-electron chi connectivity index (χ4n) is 3.34. The van der Waals surface area contributed by atoms with Crippen LogP contribution in [-0.2, 0) is 0 Å². The zero-order valence-corrected chi connectivity index (χ0v) is 14.3. The van der Waals surface area contributed by atoms with Gasteiger partial charge in [0.1, 0.15) is 5.84 Å². The normalized spacial score (nSPS) is 24.6. The summed E-state index contributed by atoms with van der Waals surface area (Å²) in [5, 5.41) is 3.96. The van der Waals surface area contributed by atoms with Crippen molar-refractivity contribution in [3.8, 4) is 0 Å². The number of nitrogens with one attached hydrogen (secondary N) is 1. The van der Waals surface area contributed by atoms with E-state index >= 15 is 0 Å². The molecular weight excluding hydrogens is 284 g/mol. The average Bonchev–Trinajstić information content (AvgIpc) is 2.49. The summed E-state index contributed by atoms with van der Waals surface area (Å²) in [6, 6.07) is 1.16. The molecule has 116 valence electrons. The smallest absolute Gasteiger partial charge is 0.110 e. The van der Waals surface area contributed by atoms with Crippen LogP contribution in [0.25, 0.3) is 0 Å². The van der Waals surface area contributed by atoms with Gasteiger partial charge in [0, 0.05) is 6.04 Å². The Morgan fingerprint density at radius 3 is 2.20 bits per heavy atom. The molecule has 0 spiro atoms. The van der Waals surface area contributed by atoms with Gasteiger partial charge in [-0.2, -0.15) is 25.3 Å². The summed E-state index contributed by atoms with van der Waals surface area (Å²) in [5.74, 6) is 2.03. The summed E-state index contributed by atoms with van der Waals surface area (Å²) in [6.45, 7) is 0. The summed E-state index contributed by atoms with van der Waals surface area (Å²) in [6.07, 6.45) is 14.3. The molecule has 0 bridgehead atoms. The predicted molar refractivity (Wildman–Crippen MR) is 95.6 cm³/mol. The largest absolute Gasteiger partial charge is 0.370 e. The molecule has 20 heavy (non-hydrogen) atoms. The fraction of sp³-hybridized carbons (Fsp3) is 0.938. The molecule has 1 N–H and O–H groups in total. The van der Waals surface area contributed by atoms with E-state index in [1.165, 1.54) is 64.2 Å². The van der Waals surface area contributed by atoms with Crippen molar-refractivity contribution in [3.63, 3.8) is 0 Å². The first-order chi connectivity index (χ1) is 9.79. The summed E-state index contributed by atoms with van der Waals surface area (Å²) >= 11 is 9.12. The minimum Gasteiger partial charge on any atom is -0.370 e. The molecule has 0 aromatic rings. The van der Waals surface area contributed by atoms with E-state index in [0.29, 0.717) is 12.1 Å². The number of aliphatic imine (C=N–C) groups is 1. The first-order valence-corrected chi connectivity index (χ1v) is 9.57. The highest BCUT2D eigenvalue weighted by Crippen LogP contribution is 2.22. The number of nitrogens with zero attached hydrogens (tertiary/aromatic N) is 1. The maximum absolute atomic E-state index is 5.04. The lowest BCUT2D eigenvalue weighted by Gasteiger charge is -2.28. The molecule has 0 aliphatic heterocycles. The van der Waals surface area contributed by atoms with E-state index in [2.05, 4.69) is 17.9 Å². The molecule has 0 amide bonds. The van der Waals surface area contributed by atoms with Gasteiger partial charge in [0.25, 0.3) is 0 Å². The second kappa shape index (κ2) is 9.24. The lowest BCUT2D eigenvalue weighted by Crippen LogP contribution is -2.41. The van der Waals surface area contributed by atoms with Crippen LogP contribution >= 0.6 is 25.3 Å². The Balaban J connectivity index is 1.96. The van der Waals surface area contributed by atoms with Crippen molar-refractivity contribution in [2.24, 2.45) is 4.99 Å². The van der Waals surface area contributed by atoms with E-state index in [-0.39, 0.29) is 5.25 Å². The van der Waals surface area contributed by atoms with Crippen LogP contribution in [0.4, 0.5) is 0 Å². The van der Waals surface area contributed by atoms with Gasteiger partial charge in [0.15, 0.2) is 0 Å². The molecule has 0 heterocycles. The third-order valence-electron chi connectivity index (χ3n) is 4.57. The van der Waals surface area contributed by atoms with Crippen molar-refractivity contribution >= 4 is 31.1 Å². The van der Waals surface area contributed by atoms with E-state index in [4.69, 9.17) is 17.6 Å². The summed E-state index contributed by atoms with van der Waals surface area (Å²) < 4.78 is 0. The van der Waals surface area contributed by atoms with Crippen molar-refractivity contribution in [2.75, 3.05) is 5.75 Å². The molecule has 2 rings (SSSR count). The number of amidine groups is 1. The van der Waals surface area contributed by atoms with Gasteiger partial charge in [-0.3, -0.25) is 4.99 Å². The molecule has 1 unspecified atom stereocenters. The molecule has 2 fully saturated rings. The quantitative estimate of drug-likeness (QED) is 0.394. The van der Waals surface area contributed by atoms with E-state index in [0.717, 1.165) is 18.0 Å². The van der Waals surface area contributed by atoms with Crippen molar-refractivity contribution in [1.29, 1.82) is 0 Å². The molecule has 4 heteroatoms. The van der Waals surface area contributed by atoms with Gasteiger partial charge in [-0.25, -0.2) is 0 Å². The Hall–Kier alpha value is 0.170. The predicted octanol–water partition coefficient (Wildman–Crippen LogP) is 4.26. The molecule has 0 saturated heterocycles. The highest BCUT2D eigenvalue weighted by Gasteiger charge is 2.20. The van der Waals surface area contributed by atoms with Gasteiger partial charge in [0.2, 0.25) is 0 Å². The van der Waals surface area contributed by atoms with E-state index in [1.807, 2.05) is 0 Å². The maximum atomic E-state index is 5.04. The van der Waals surface area contributed by atoms with Gasteiger partial charge in [-0.05, 0) is 37.9 Å². The molecule has 2 aliphatic carbocycles.